The van der Waals surface area contributed by atoms with Crippen molar-refractivity contribution in [2.75, 3.05) is 18.4 Å². The Hall–Kier alpha value is -2.21. The van der Waals surface area contributed by atoms with Crippen LogP contribution >= 0.6 is 11.6 Å². The van der Waals surface area contributed by atoms with Gasteiger partial charge in [0, 0.05) is 42.1 Å². The number of hydrogen-bond acceptors (Lipinski definition) is 5. The highest BCUT2D eigenvalue weighted by Gasteiger charge is 2.39. The molecular weight excluding hydrogens is 326 g/mol. The molecule has 124 valence electrons. The summed E-state index contributed by atoms with van der Waals surface area (Å²) < 4.78 is 0. The topological polar surface area (TPSA) is 71.0 Å². The Morgan fingerprint density at radius 1 is 1.33 bits per heavy atom. The van der Waals surface area contributed by atoms with Crippen LogP contribution in [0.25, 0.3) is 11.3 Å². The molecule has 1 amide bonds. The molecule has 0 unspecified atom stereocenters. The Morgan fingerprint density at radius 2 is 2.21 bits per heavy atom. The van der Waals surface area contributed by atoms with Crippen molar-refractivity contribution in [3.05, 3.63) is 35.5 Å². The second-order valence-electron chi connectivity index (χ2n) is 6.40. The van der Waals surface area contributed by atoms with E-state index in [4.69, 9.17) is 11.6 Å². The summed E-state index contributed by atoms with van der Waals surface area (Å²) in [5, 5.41) is 11.9. The third-order valence-corrected chi connectivity index (χ3v) is 4.69. The minimum absolute atomic E-state index is 0.274. The molecule has 2 fully saturated rings. The number of amides is 1. The largest absolute Gasteiger partial charge is 0.353 e. The lowest BCUT2D eigenvalue weighted by Crippen LogP contribution is -2.28. The van der Waals surface area contributed by atoms with E-state index < -0.39 is 0 Å². The van der Waals surface area contributed by atoms with Crippen LogP contribution in [0.2, 0.25) is 5.02 Å². The molecule has 1 saturated heterocycles. The number of halogens is 1. The Kier molecular flexibility index (Phi) is 4.06. The van der Waals surface area contributed by atoms with Gasteiger partial charge < -0.3 is 10.2 Å². The van der Waals surface area contributed by atoms with E-state index in [9.17, 15) is 4.79 Å². The van der Waals surface area contributed by atoms with Crippen LogP contribution in [0.15, 0.2) is 30.5 Å². The predicted octanol–water partition coefficient (Wildman–Crippen LogP) is 2.61. The molecule has 2 heterocycles. The first-order valence-electron chi connectivity index (χ1n) is 8.18. The van der Waals surface area contributed by atoms with E-state index in [-0.39, 0.29) is 5.91 Å². The van der Waals surface area contributed by atoms with Crippen LogP contribution in [-0.2, 0) is 4.79 Å². The maximum Gasteiger partial charge on any atom is 0.243 e. The number of carbonyl (C=O) groups excluding carboxylic acids is 1. The minimum Gasteiger partial charge on any atom is -0.353 e. The first-order valence-corrected chi connectivity index (χ1v) is 8.56. The van der Waals surface area contributed by atoms with Crippen molar-refractivity contribution in [3.8, 4) is 11.3 Å². The molecule has 6 nitrogen and oxygen atoms in total. The molecule has 4 rings (SSSR count). The number of aromatic nitrogens is 3. The number of benzene rings is 1. The quantitative estimate of drug-likeness (QED) is 0.903. The highest BCUT2D eigenvalue weighted by molar-refractivity contribution is 6.30. The van der Waals surface area contributed by atoms with Crippen molar-refractivity contribution in [3.63, 3.8) is 0 Å². The number of nitrogens with zero attached hydrogens (tertiary/aromatic N) is 4. The lowest BCUT2D eigenvalue weighted by molar-refractivity contribution is -0.128. The molecule has 2 aliphatic rings. The van der Waals surface area contributed by atoms with E-state index in [1.165, 1.54) is 0 Å². The van der Waals surface area contributed by atoms with Gasteiger partial charge in [-0.15, -0.1) is 5.10 Å². The fourth-order valence-corrected chi connectivity index (χ4v) is 3.28. The van der Waals surface area contributed by atoms with Crippen molar-refractivity contribution in [2.45, 2.75) is 25.3 Å². The highest BCUT2D eigenvalue weighted by atomic mass is 35.5. The number of likely N-dealkylation sites (tertiary alicyclic amines) is 1. The molecule has 2 aromatic rings. The second kappa shape index (κ2) is 6.36. The maximum absolute atomic E-state index is 12.0. The molecule has 1 atom stereocenters. The Labute approximate surface area is 145 Å². The van der Waals surface area contributed by atoms with Gasteiger partial charge in [-0.3, -0.25) is 4.79 Å². The molecule has 1 aromatic heterocycles. The summed E-state index contributed by atoms with van der Waals surface area (Å²) >= 11 is 6.02. The van der Waals surface area contributed by atoms with E-state index in [0.717, 1.165) is 30.6 Å². The van der Waals surface area contributed by atoms with Crippen LogP contribution in [0.3, 0.4) is 0 Å². The molecule has 0 spiro atoms. The van der Waals surface area contributed by atoms with Crippen molar-refractivity contribution >= 4 is 23.5 Å². The number of rotatable bonds is 5. The smallest absolute Gasteiger partial charge is 0.243 e. The number of hydrogen-bond donors (Lipinski definition) is 1. The lowest BCUT2D eigenvalue weighted by Gasteiger charge is -2.15. The molecule has 24 heavy (non-hydrogen) atoms. The summed E-state index contributed by atoms with van der Waals surface area (Å²) in [4.78, 5) is 18.5. The summed E-state index contributed by atoms with van der Waals surface area (Å²) in [6.45, 7) is 1.51. The van der Waals surface area contributed by atoms with E-state index in [0.29, 0.717) is 35.9 Å². The molecule has 1 saturated carbocycles. The molecule has 1 aliphatic heterocycles. The van der Waals surface area contributed by atoms with Crippen molar-refractivity contribution in [1.82, 2.24) is 20.1 Å². The Morgan fingerprint density at radius 3 is 3.00 bits per heavy atom. The van der Waals surface area contributed by atoms with Gasteiger partial charge in [0.15, 0.2) is 0 Å². The summed E-state index contributed by atoms with van der Waals surface area (Å²) in [5.74, 6) is 1.05. The van der Waals surface area contributed by atoms with Crippen LogP contribution in [0.4, 0.5) is 5.95 Å². The standard InChI is InChI=1S/C17H18ClN5O/c18-13-3-1-2-12(7-13)15-9-20-22-17(21-15)19-8-11-6-16(24)23(10-11)14-4-5-14/h1-3,7,9,11,14H,4-6,8,10H2,(H,19,21,22)/t11-/m1/s1. The van der Waals surface area contributed by atoms with Crippen LogP contribution < -0.4 is 5.32 Å². The zero-order valence-electron chi connectivity index (χ0n) is 13.2. The van der Waals surface area contributed by atoms with E-state index in [1.54, 1.807) is 6.20 Å². The molecule has 1 aliphatic carbocycles. The van der Waals surface area contributed by atoms with Gasteiger partial charge in [0.1, 0.15) is 0 Å². The summed E-state index contributed by atoms with van der Waals surface area (Å²) in [6.07, 6.45) is 4.52. The summed E-state index contributed by atoms with van der Waals surface area (Å²) in [7, 11) is 0. The monoisotopic (exact) mass is 343 g/mol. The van der Waals surface area contributed by atoms with Gasteiger partial charge in [-0.2, -0.15) is 5.10 Å². The Bertz CT molecular complexity index is 764. The van der Waals surface area contributed by atoms with Crippen LogP contribution in [0.1, 0.15) is 19.3 Å². The maximum atomic E-state index is 12.0. The van der Waals surface area contributed by atoms with Gasteiger partial charge in [-0.1, -0.05) is 23.7 Å². The fourth-order valence-electron chi connectivity index (χ4n) is 3.09. The zero-order chi connectivity index (χ0) is 16.5. The number of nitrogens with one attached hydrogen (secondary N) is 1. The van der Waals surface area contributed by atoms with Gasteiger partial charge in [-0.05, 0) is 25.0 Å². The molecular formula is C17H18ClN5O. The SMILES string of the molecule is O=C1C[C@H](CNc2nncc(-c3cccc(Cl)c3)n2)CN1C1CC1. The average molecular weight is 344 g/mol. The van der Waals surface area contributed by atoms with Crippen molar-refractivity contribution in [1.29, 1.82) is 0 Å². The van der Waals surface area contributed by atoms with Crippen molar-refractivity contribution < 1.29 is 4.79 Å². The molecule has 1 aromatic carbocycles. The molecule has 7 heteroatoms. The van der Waals surface area contributed by atoms with Gasteiger partial charge in [0.25, 0.3) is 0 Å². The normalized spacial score (nSPS) is 20.5. The minimum atomic E-state index is 0.274. The lowest BCUT2D eigenvalue weighted by atomic mass is 10.1. The van der Waals surface area contributed by atoms with Gasteiger partial charge in [-0.25, -0.2) is 4.98 Å². The first kappa shape index (κ1) is 15.3. The first-order chi connectivity index (χ1) is 11.7. The van der Waals surface area contributed by atoms with Crippen LogP contribution in [-0.4, -0.2) is 45.1 Å². The third-order valence-electron chi connectivity index (χ3n) is 4.45. The highest BCUT2D eigenvalue weighted by Crippen LogP contribution is 2.32. The van der Waals surface area contributed by atoms with Crippen LogP contribution in [0, 0.1) is 5.92 Å². The summed E-state index contributed by atoms with van der Waals surface area (Å²) in [6, 6.07) is 7.97. The summed E-state index contributed by atoms with van der Waals surface area (Å²) in [5.41, 5.74) is 1.62. The second-order valence-corrected chi connectivity index (χ2v) is 6.84. The van der Waals surface area contributed by atoms with Crippen LogP contribution in [0.5, 0.6) is 0 Å². The van der Waals surface area contributed by atoms with Gasteiger partial charge in [0.05, 0.1) is 11.9 Å². The van der Waals surface area contributed by atoms with E-state index in [2.05, 4.69) is 20.5 Å². The Balaban J connectivity index is 1.40. The molecule has 1 N–H and O–H groups in total. The van der Waals surface area contributed by atoms with Gasteiger partial charge in [0.2, 0.25) is 11.9 Å². The number of anilines is 1. The number of carbonyl (C=O) groups is 1. The van der Waals surface area contributed by atoms with E-state index >= 15 is 0 Å². The van der Waals surface area contributed by atoms with E-state index in [1.807, 2.05) is 29.2 Å². The van der Waals surface area contributed by atoms with Crippen molar-refractivity contribution in [2.24, 2.45) is 5.92 Å². The van der Waals surface area contributed by atoms with Gasteiger partial charge >= 0.3 is 0 Å². The molecule has 0 radical (unpaired) electrons. The zero-order valence-corrected chi connectivity index (χ0v) is 13.9. The average Bonchev–Trinajstić information content (AvgIpc) is 3.36. The predicted molar refractivity (Wildman–Crippen MR) is 91.6 cm³/mol. The molecule has 0 bridgehead atoms. The fraction of sp³-hybridized carbons (Fsp3) is 0.412. The third kappa shape index (κ3) is 3.33.